The van der Waals surface area contributed by atoms with Gasteiger partial charge in [0.15, 0.2) is 0 Å². The second-order valence-corrected chi connectivity index (χ2v) is 4.45. The van der Waals surface area contributed by atoms with Crippen molar-refractivity contribution in [2.24, 2.45) is 11.3 Å². The van der Waals surface area contributed by atoms with Gasteiger partial charge in [0.05, 0.1) is 0 Å². The zero-order valence-corrected chi connectivity index (χ0v) is 7.77. The molecule has 64 valence electrons. The molecular weight excluding hydrogens is 138 g/mol. The summed E-state index contributed by atoms with van der Waals surface area (Å²) in [5, 5.41) is 3.00. The first-order valence-electron chi connectivity index (χ1n) is 4.23. The fraction of sp³-hybridized carbons (Fsp3) is 0.889. The molecule has 2 heteroatoms. The predicted octanol–water partition coefficient (Wildman–Crippen LogP) is 1.56. The Morgan fingerprint density at radius 1 is 1.55 bits per heavy atom. The first kappa shape index (κ1) is 8.57. The van der Waals surface area contributed by atoms with Crippen molar-refractivity contribution in [3.05, 3.63) is 0 Å². The summed E-state index contributed by atoms with van der Waals surface area (Å²) in [7, 11) is 0. The molecule has 0 aliphatic carbocycles. The molecule has 1 N–H and O–H groups in total. The Morgan fingerprint density at radius 3 is 2.27 bits per heavy atom. The lowest BCUT2D eigenvalue weighted by Gasteiger charge is -2.28. The minimum Gasteiger partial charge on any atom is -0.353 e. The molecule has 1 aliphatic rings. The number of carbonyl (C=O) groups excluding carboxylic acids is 1. The van der Waals surface area contributed by atoms with Crippen molar-refractivity contribution in [2.45, 2.75) is 40.2 Å². The molecule has 0 spiro atoms. The van der Waals surface area contributed by atoms with Crippen molar-refractivity contribution >= 4 is 5.91 Å². The van der Waals surface area contributed by atoms with Crippen LogP contribution in [-0.2, 0) is 4.79 Å². The molecule has 1 aliphatic heterocycles. The van der Waals surface area contributed by atoms with E-state index in [-0.39, 0.29) is 11.3 Å². The minimum absolute atomic E-state index is 0.144. The van der Waals surface area contributed by atoms with E-state index in [2.05, 4.69) is 33.0 Å². The van der Waals surface area contributed by atoms with E-state index >= 15 is 0 Å². The summed E-state index contributed by atoms with van der Waals surface area (Å²) in [6, 6.07) is 0.356. The maximum absolute atomic E-state index is 11.1. The number of rotatable bonds is 1. The van der Waals surface area contributed by atoms with Crippen molar-refractivity contribution in [3.8, 4) is 0 Å². The largest absolute Gasteiger partial charge is 0.353 e. The monoisotopic (exact) mass is 155 g/mol. The van der Waals surface area contributed by atoms with Crippen LogP contribution in [0.4, 0.5) is 0 Å². The van der Waals surface area contributed by atoms with Gasteiger partial charge in [-0.3, -0.25) is 4.79 Å². The molecule has 0 aromatic rings. The molecule has 1 saturated heterocycles. The summed E-state index contributed by atoms with van der Waals surface area (Å²) in [6.45, 7) is 8.60. The van der Waals surface area contributed by atoms with Crippen LogP contribution in [-0.4, -0.2) is 11.9 Å². The van der Waals surface area contributed by atoms with Crippen LogP contribution in [0.2, 0.25) is 0 Å². The highest BCUT2D eigenvalue weighted by Crippen LogP contribution is 2.34. The number of hydrogen-bond acceptors (Lipinski definition) is 1. The Balaban J connectivity index is 2.74. The molecule has 0 saturated carbocycles. The Kier molecular flexibility index (Phi) is 1.95. The summed E-state index contributed by atoms with van der Waals surface area (Å²) >= 11 is 0. The van der Waals surface area contributed by atoms with Gasteiger partial charge in [0.1, 0.15) is 0 Å². The molecular formula is C9H17NO. The van der Waals surface area contributed by atoms with Crippen molar-refractivity contribution in [1.29, 1.82) is 0 Å². The van der Waals surface area contributed by atoms with Crippen molar-refractivity contribution in [2.75, 3.05) is 0 Å². The minimum atomic E-state index is 0.144. The Hall–Kier alpha value is -0.530. The molecule has 1 unspecified atom stereocenters. The first-order valence-corrected chi connectivity index (χ1v) is 4.23. The van der Waals surface area contributed by atoms with Crippen LogP contribution in [0.3, 0.4) is 0 Å². The molecule has 0 bridgehead atoms. The Labute approximate surface area is 68.4 Å². The average molecular weight is 155 g/mol. The number of nitrogens with one attached hydrogen (secondary N) is 1. The second-order valence-electron chi connectivity index (χ2n) is 4.45. The second kappa shape index (κ2) is 2.50. The van der Waals surface area contributed by atoms with Crippen molar-refractivity contribution in [1.82, 2.24) is 5.32 Å². The fourth-order valence-electron chi connectivity index (χ4n) is 2.01. The van der Waals surface area contributed by atoms with Gasteiger partial charge < -0.3 is 5.32 Å². The molecule has 0 aromatic carbocycles. The highest BCUT2D eigenvalue weighted by molar-refractivity contribution is 5.79. The smallest absolute Gasteiger partial charge is 0.220 e. The van der Waals surface area contributed by atoms with Gasteiger partial charge in [-0.2, -0.15) is 0 Å². The van der Waals surface area contributed by atoms with Gasteiger partial charge in [-0.25, -0.2) is 0 Å². The van der Waals surface area contributed by atoms with E-state index < -0.39 is 0 Å². The fourth-order valence-corrected chi connectivity index (χ4v) is 2.01. The molecule has 1 rings (SSSR count). The van der Waals surface area contributed by atoms with E-state index in [9.17, 15) is 4.79 Å². The summed E-state index contributed by atoms with van der Waals surface area (Å²) < 4.78 is 0. The lowest BCUT2D eigenvalue weighted by atomic mass is 9.79. The topological polar surface area (TPSA) is 29.1 Å². The van der Waals surface area contributed by atoms with E-state index in [0.29, 0.717) is 18.4 Å². The zero-order valence-electron chi connectivity index (χ0n) is 7.77. The molecule has 0 radical (unpaired) electrons. The Bertz CT molecular complexity index is 172. The van der Waals surface area contributed by atoms with E-state index in [1.807, 2.05) is 0 Å². The molecule has 11 heavy (non-hydrogen) atoms. The molecule has 1 heterocycles. The molecule has 1 fully saturated rings. The first-order chi connectivity index (χ1) is 4.93. The standard InChI is InChI=1S/C9H17NO/c1-6(2)8-9(3,4)5-7(11)10-8/h6,8H,5H2,1-4H3,(H,10,11). The van der Waals surface area contributed by atoms with Crippen LogP contribution < -0.4 is 5.32 Å². The van der Waals surface area contributed by atoms with Crippen LogP contribution in [0.1, 0.15) is 34.1 Å². The third-order valence-electron chi connectivity index (χ3n) is 2.44. The average Bonchev–Trinajstić information content (AvgIpc) is 2.04. The molecule has 1 amide bonds. The van der Waals surface area contributed by atoms with Crippen LogP contribution in [0.25, 0.3) is 0 Å². The quantitative estimate of drug-likeness (QED) is 0.611. The summed E-state index contributed by atoms with van der Waals surface area (Å²) in [4.78, 5) is 11.1. The molecule has 1 atom stereocenters. The maximum Gasteiger partial charge on any atom is 0.220 e. The van der Waals surface area contributed by atoms with Gasteiger partial charge in [0, 0.05) is 12.5 Å². The highest BCUT2D eigenvalue weighted by atomic mass is 16.2. The SMILES string of the molecule is CC(C)C1NC(=O)CC1(C)C. The third-order valence-corrected chi connectivity index (χ3v) is 2.44. The van der Waals surface area contributed by atoms with Crippen LogP contribution >= 0.6 is 0 Å². The van der Waals surface area contributed by atoms with Gasteiger partial charge in [0.2, 0.25) is 5.91 Å². The lowest BCUT2D eigenvalue weighted by molar-refractivity contribution is -0.119. The highest BCUT2D eigenvalue weighted by Gasteiger charge is 2.40. The van der Waals surface area contributed by atoms with Gasteiger partial charge in [-0.05, 0) is 11.3 Å². The van der Waals surface area contributed by atoms with Crippen molar-refractivity contribution < 1.29 is 4.79 Å². The number of amides is 1. The van der Waals surface area contributed by atoms with E-state index in [1.165, 1.54) is 0 Å². The number of carbonyl (C=O) groups is 1. The van der Waals surface area contributed by atoms with Gasteiger partial charge >= 0.3 is 0 Å². The summed E-state index contributed by atoms with van der Waals surface area (Å²) in [5.41, 5.74) is 0.144. The third kappa shape index (κ3) is 1.55. The normalized spacial score (nSPS) is 29.2. The van der Waals surface area contributed by atoms with Gasteiger partial charge in [-0.15, -0.1) is 0 Å². The van der Waals surface area contributed by atoms with E-state index in [1.54, 1.807) is 0 Å². The molecule has 0 aromatic heterocycles. The van der Waals surface area contributed by atoms with Gasteiger partial charge in [-0.1, -0.05) is 27.7 Å². The van der Waals surface area contributed by atoms with Crippen molar-refractivity contribution in [3.63, 3.8) is 0 Å². The maximum atomic E-state index is 11.1. The van der Waals surface area contributed by atoms with Crippen LogP contribution in [0.15, 0.2) is 0 Å². The predicted molar refractivity (Wildman–Crippen MR) is 45.2 cm³/mol. The number of hydrogen-bond donors (Lipinski definition) is 1. The van der Waals surface area contributed by atoms with Gasteiger partial charge in [0.25, 0.3) is 0 Å². The zero-order chi connectivity index (χ0) is 8.65. The lowest BCUT2D eigenvalue weighted by Crippen LogP contribution is -2.37. The Morgan fingerprint density at radius 2 is 2.09 bits per heavy atom. The summed E-state index contributed by atoms with van der Waals surface area (Å²) in [5.74, 6) is 0.741. The van der Waals surface area contributed by atoms with E-state index in [0.717, 1.165) is 0 Å². The summed E-state index contributed by atoms with van der Waals surface area (Å²) in [6.07, 6.45) is 0.676. The van der Waals surface area contributed by atoms with E-state index in [4.69, 9.17) is 0 Å². The molecule has 2 nitrogen and oxygen atoms in total. The van der Waals surface area contributed by atoms with Crippen LogP contribution in [0, 0.1) is 11.3 Å². The van der Waals surface area contributed by atoms with Crippen LogP contribution in [0.5, 0.6) is 0 Å².